The Morgan fingerprint density at radius 3 is 2.82 bits per heavy atom. The van der Waals surface area contributed by atoms with Gasteiger partial charge in [0, 0.05) is 10.0 Å². The molecule has 0 bridgehead atoms. The highest BCUT2D eigenvalue weighted by atomic mass is 79.9. The van der Waals surface area contributed by atoms with Crippen LogP contribution in [0.5, 0.6) is 5.75 Å². The molecule has 0 unspecified atom stereocenters. The van der Waals surface area contributed by atoms with Crippen LogP contribution in [0.2, 0.25) is 0 Å². The number of hydrogen-bond acceptors (Lipinski definition) is 4. The quantitative estimate of drug-likeness (QED) is 0.781. The predicted molar refractivity (Wildman–Crippen MR) is 84.5 cm³/mol. The van der Waals surface area contributed by atoms with Crippen molar-refractivity contribution in [2.75, 3.05) is 6.61 Å². The molecule has 5 heteroatoms. The zero-order valence-corrected chi connectivity index (χ0v) is 13.1. The number of benzene rings is 2. The Morgan fingerprint density at radius 1 is 1.23 bits per heavy atom. The summed E-state index contributed by atoms with van der Waals surface area (Å²) >= 11 is 3.45. The van der Waals surface area contributed by atoms with E-state index in [1.165, 1.54) is 0 Å². The summed E-state index contributed by atoms with van der Waals surface area (Å²) < 4.78 is 6.75. The van der Waals surface area contributed by atoms with Gasteiger partial charge >= 0.3 is 0 Å². The number of nitrogens with zero attached hydrogens (tertiary/aromatic N) is 2. The van der Waals surface area contributed by atoms with E-state index in [2.05, 4.69) is 27.2 Å². The third kappa shape index (κ3) is 1.77. The van der Waals surface area contributed by atoms with Crippen molar-refractivity contribution in [3.05, 3.63) is 64.1 Å². The van der Waals surface area contributed by atoms with Gasteiger partial charge in [-0.05, 0) is 23.8 Å². The van der Waals surface area contributed by atoms with Crippen LogP contribution >= 0.6 is 15.9 Å². The van der Waals surface area contributed by atoms with E-state index in [1.54, 1.807) is 0 Å². The number of oxime groups is 1. The standard InChI is InChI=1S/C17H11BrN2O2/c18-12-6-7-14-13(8-12)15-17(9-19,10-21-14)16(22-20-15)11-4-2-1-3-5-11/h1-8,16H,10H2/t16-,17+/m1/s1. The third-order valence-electron chi connectivity index (χ3n) is 4.07. The summed E-state index contributed by atoms with van der Waals surface area (Å²) in [5.74, 6) is 0.727. The van der Waals surface area contributed by atoms with Gasteiger partial charge in [0.25, 0.3) is 0 Å². The SMILES string of the molecule is N#C[C@]12COc3ccc(Br)cc3C1=NO[C@@H]2c1ccccc1. The van der Waals surface area contributed by atoms with Crippen molar-refractivity contribution in [3.8, 4) is 11.8 Å². The second kappa shape index (κ2) is 4.85. The summed E-state index contributed by atoms with van der Waals surface area (Å²) in [6.45, 7) is 0.233. The summed E-state index contributed by atoms with van der Waals surface area (Å²) in [7, 11) is 0. The number of nitriles is 1. The molecular weight excluding hydrogens is 344 g/mol. The summed E-state index contributed by atoms with van der Waals surface area (Å²) in [4.78, 5) is 5.65. The van der Waals surface area contributed by atoms with Gasteiger partial charge in [-0.2, -0.15) is 5.26 Å². The summed E-state index contributed by atoms with van der Waals surface area (Å²) in [5, 5.41) is 14.1. The van der Waals surface area contributed by atoms with Gasteiger partial charge in [0.2, 0.25) is 0 Å². The first-order chi connectivity index (χ1) is 10.7. The van der Waals surface area contributed by atoms with Crippen LogP contribution in [-0.4, -0.2) is 12.3 Å². The van der Waals surface area contributed by atoms with Gasteiger partial charge < -0.3 is 9.57 Å². The number of rotatable bonds is 1. The fourth-order valence-electron chi connectivity index (χ4n) is 2.96. The highest BCUT2D eigenvalue weighted by molar-refractivity contribution is 9.10. The monoisotopic (exact) mass is 354 g/mol. The lowest BCUT2D eigenvalue weighted by Gasteiger charge is -2.32. The molecule has 0 fully saturated rings. The maximum Gasteiger partial charge on any atom is 0.180 e. The fraction of sp³-hybridized carbons (Fsp3) is 0.176. The van der Waals surface area contributed by atoms with Gasteiger partial charge in [0.05, 0.1) is 6.07 Å². The molecule has 4 rings (SSSR count). The number of fused-ring (bicyclic) bond motifs is 3. The lowest BCUT2D eigenvalue weighted by Crippen LogP contribution is -2.42. The van der Waals surface area contributed by atoms with Gasteiger partial charge in [0.15, 0.2) is 11.5 Å². The van der Waals surface area contributed by atoms with Crippen LogP contribution in [0.3, 0.4) is 0 Å². The predicted octanol–water partition coefficient (Wildman–Crippen LogP) is 3.83. The van der Waals surface area contributed by atoms with E-state index in [0.717, 1.165) is 21.3 Å². The minimum atomic E-state index is -0.921. The minimum Gasteiger partial charge on any atom is -0.491 e. The van der Waals surface area contributed by atoms with E-state index in [4.69, 9.17) is 9.57 Å². The van der Waals surface area contributed by atoms with Crippen molar-refractivity contribution in [2.45, 2.75) is 6.10 Å². The molecule has 0 aromatic heterocycles. The normalized spacial score (nSPS) is 25.1. The zero-order chi connectivity index (χ0) is 15.2. The van der Waals surface area contributed by atoms with Crippen molar-refractivity contribution >= 4 is 21.6 Å². The second-order valence-corrected chi connectivity index (χ2v) is 6.26. The number of halogens is 1. The molecule has 0 N–H and O–H groups in total. The molecule has 2 atom stereocenters. The third-order valence-corrected chi connectivity index (χ3v) is 4.57. The lowest BCUT2D eigenvalue weighted by molar-refractivity contribution is 0.0242. The lowest BCUT2D eigenvalue weighted by atomic mass is 9.73. The molecule has 0 saturated carbocycles. The Kier molecular flexibility index (Phi) is 2.95. The van der Waals surface area contributed by atoms with E-state index in [0.29, 0.717) is 5.71 Å². The average Bonchev–Trinajstić information content (AvgIpc) is 2.96. The molecule has 0 amide bonds. The molecule has 22 heavy (non-hydrogen) atoms. The Bertz CT molecular complexity index is 813. The van der Waals surface area contributed by atoms with Crippen LogP contribution in [0, 0.1) is 16.7 Å². The minimum absolute atomic E-state index is 0.233. The first-order valence-electron chi connectivity index (χ1n) is 6.88. The summed E-state index contributed by atoms with van der Waals surface area (Å²) in [6, 6.07) is 17.8. The number of hydrogen-bond donors (Lipinski definition) is 0. The first-order valence-corrected chi connectivity index (χ1v) is 7.67. The first kappa shape index (κ1) is 13.4. The molecular formula is C17H11BrN2O2. The van der Waals surface area contributed by atoms with Gasteiger partial charge in [0.1, 0.15) is 18.1 Å². The van der Waals surface area contributed by atoms with Crippen molar-refractivity contribution in [1.29, 1.82) is 5.26 Å². The molecule has 2 aromatic rings. The van der Waals surface area contributed by atoms with Crippen LogP contribution in [0.4, 0.5) is 0 Å². The molecule has 108 valence electrons. The second-order valence-electron chi connectivity index (χ2n) is 5.35. The van der Waals surface area contributed by atoms with Gasteiger partial charge in [-0.15, -0.1) is 0 Å². The van der Waals surface area contributed by atoms with Crippen molar-refractivity contribution < 1.29 is 9.57 Å². The van der Waals surface area contributed by atoms with E-state index in [9.17, 15) is 5.26 Å². The molecule has 0 saturated heterocycles. The Balaban J connectivity index is 1.85. The molecule has 2 heterocycles. The van der Waals surface area contributed by atoms with E-state index in [-0.39, 0.29) is 6.61 Å². The topological polar surface area (TPSA) is 54.6 Å². The van der Waals surface area contributed by atoms with Crippen LogP contribution in [0.1, 0.15) is 17.2 Å². The Labute approximate surface area is 136 Å². The zero-order valence-electron chi connectivity index (χ0n) is 11.5. The van der Waals surface area contributed by atoms with Crippen LogP contribution in [0.15, 0.2) is 58.2 Å². The van der Waals surface area contributed by atoms with Crippen molar-refractivity contribution in [2.24, 2.45) is 10.6 Å². The maximum absolute atomic E-state index is 9.88. The van der Waals surface area contributed by atoms with Gasteiger partial charge in [-0.1, -0.05) is 51.4 Å². The maximum atomic E-state index is 9.88. The molecule has 2 aromatic carbocycles. The highest BCUT2D eigenvalue weighted by Gasteiger charge is 2.55. The Hall–Kier alpha value is -2.32. The van der Waals surface area contributed by atoms with Crippen molar-refractivity contribution in [1.82, 2.24) is 0 Å². The van der Waals surface area contributed by atoms with Gasteiger partial charge in [-0.25, -0.2) is 0 Å². The van der Waals surface area contributed by atoms with Crippen LogP contribution < -0.4 is 4.74 Å². The van der Waals surface area contributed by atoms with Crippen molar-refractivity contribution in [3.63, 3.8) is 0 Å². The Morgan fingerprint density at radius 2 is 2.05 bits per heavy atom. The van der Waals surface area contributed by atoms with E-state index in [1.807, 2.05) is 48.5 Å². The summed E-state index contributed by atoms with van der Waals surface area (Å²) in [5.41, 5.74) is 1.45. The van der Waals surface area contributed by atoms with E-state index >= 15 is 0 Å². The smallest absolute Gasteiger partial charge is 0.180 e. The molecule has 0 aliphatic carbocycles. The largest absolute Gasteiger partial charge is 0.491 e. The highest BCUT2D eigenvalue weighted by Crippen LogP contribution is 2.49. The fourth-order valence-corrected chi connectivity index (χ4v) is 3.32. The average molecular weight is 355 g/mol. The molecule has 0 spiro atoms. The van der Waals surface area contributed by atoms with Gasteiger partial charge in [-0.3, -0.25) is 0 Å². The number of ether oxygens (including phenoxy) is 1. The molecule has 2 aliphatic rings. The van der Waals surface area contributed by atoms with E-state index < -0.39 is 11.5 Å². The summed E-state index contributed by atoms with van der Waals surface area (Å²) in [6.07, 6.45) is -0.458. The molecule has 2 aliphatic heterocycles. The van der Waals surface area contributed by atoms with Crippen LogP contribution in [-0.2, 0) is 4.84 Å². The van der Waals surface area contributed by atoms with Crippen LogP contribution in [0.25, 0.3) is 0 Å². The molecule has 4 nitrogen and oxygen atoms in total. The molecule has 0 radical (unpaired) electrons.